The summed E-state index contributed by atoms with van der Waals surface area (Å²) in [5.74, 6) is 0.577. The van der Waals surface area contributed by atoms with Gasteiger partial charge in [-0.15, -0.1) is 0 Å². The molecule has 1 aliphatic heterocycles. The number of fused-ring (bicyclic) bond motifs is 1. The van der Waals surface area contributed by atoms with Crippen molar-refractivity contribution in [2.75, 3.05) is 0 Å². The summed E-state index contributed by atoms with van der Waals surface area (Å²) in [4.78, 5) is 24.3. The van der Waals surface area contributed by atoms with Crippen LogP contribution in [-0.4, -0.2) is 11.6 Å². The van der Waals surface area contributed by atoms with Crippen molar-refractivity contribution in [1.82, 2.24) is 0 Å². The normalized spacial score (nSPS) is 20.4. The van der Waals surface area contributed by atoms with Crippen LogP contribution in [-0.2, 0) is 4.74 Å². The first-order valence-corrected chi connectivity index (χ1v) is 6.35. The van der Waals surface area contributed by atoms with Crippen LogP contribution in [0.15, 0.2) is 45.4 Å². The fraction of sp³-hybridized carbons (Fsp3) is 0.0769. The third-order valence-electron chi connectivity index (χ3n) is 2.88. The van der Waals surface area contributed by atoms with Crippen LogP contribution in [0.5, 0.6) is 0 Å². The molecular weight excluding hydrogens is 331 g/mol. The number of ether oxygens (including phenoxy) is 1. The molecule has 0 aromatic heterocycles. The maximum Gasteiger partial charge on any atom is 0.229 e. The molecule has 3 nitrogen and oxygen atoms in total. The van der Waals surface area contributed by atoms with Crippen LogP contribution in [0.2, 0.25) is 0 Å². The third kappa shape index (κ3) is 1.47. The van der Waals surface area contributed by atoms with Gasteiger partial charge in [-0.3, -0.25) is 9.59 Å². The lowest BCUT2D eigenvalue weighted by Crippen LogP contribution is -2.19. The summed E-state index contributed by atoms with van der Waals surface area (Å²) in [6, 6.07) is 6.86. The topological polar surface area (TPSA) is 43.4 Å². The first-order chi connectivity index (χ1) is 8.22. The van der Waals surface area contributed by atoms with Gasteiger partial charge in [0.05, 0.1) is 5.57 Å². The van der Waals surface area contributed by atoms with Gasteiger partial charge in [0.2, 0.25) is 5.78 Å². The van der Waals surface area contributed by atoms with Gasteiger partial charge in [0.15, 0.2) is 11.5 Å². The number of carbonyl (C=O) groups is 2. The summed E-state index contributed by atoms with van der Waals surface area (Å²) in [6.07, 6.45) is 0.414. The van der Waals surface area contributed by atoms with E-state index in [-0.39, 0.29) is 17.3 Å². The van der Waals surface area contributed by atoms with Crippen molar-refractivity contribution in [3.8, 4) is 0 Å². The van der Waals surface area contributed by atoms with Crippen LogP contribution in [0.25, 0.3) is 0 Å². The molecule has 0 N–H and O–H groups in total. The molecule has 0 amide bonds. The van der Waals surface area contributed by atoms with E-state index >= 15 is 0 Å². The van der Waals surface area contributed by atoms with Gasteiger partial charge in [-0.25, -0.2) is 0 Å². The van der Waals surface area contributed by atoms with Crippen molar-refractivity contribution >= 4 is 34.2 Å². The maximum absolute atomic E-state index is 12.2. The highest BCUT2D eigenvalue weighted by atomic mass is 127. The van der Waals surface area contributed by atoms with Gasteiger partial charge >= 0.3 is 0 Å². The van der Waals surface area contributed by atoms with Crippen molar-refractivity contribution in [3.05, 3.63) is 56.6 Å². The number of Topliss-reactive ketones (excluding diaryl/α,β-unsaturated/α-hetero) is 2. The predicted molar refractivity (Wildman–Crippen MR) is 69.9 cm³/mol. The van der Waals surface area contributed by atoms with Gasteiger partial charge < -0.3 is 4.74 Å². The Morgan fingerprint density at radius 2 is 1.76 bits per heavy atom. The average molecular weight is 338 g/mol. The molecule has 0 fully saturated rings. The number of allylic oxidation sites excluding steroid dienone is 2. The van der Waals surface area contributed by atoms with Crippen LogP contribution in [0.1, 0.15) is 27.1 Å². The Bertz CT molecular complexity index is 562. The molecule has 0 atom stereocenters. The molecular formula is C13H7IO3. The molecule has 1 aromatic rings. The number of carbonyl (C=O) groups excluding carboxylic acids is 2. The van der Waals surface area contributed by atoms with Gasteiger partial charge in [0.25, 0.3) is 0 Å². The lowest BCUT2D eigenvalue weighted by atomic mass is 9.88. The number of rotatable bonds is 0. The molecule has 3 rings (SSSR count). The molecule has 0 saturated heterocycles. The molecule has 0 bridgehead atoms. The molecule has 84 valence electrons. The molecule has 0 saturated carbocycles. The number of benzene rings is 1. The summed E-state index contributed by atoms with van der Waals surface area (Å²) in [5, 5.41) is 0. The fourth-order valence-corrected chi connectivity index (χ4v) is 2.42. The molecule has 0 unspecified atom stereocenters. The Morgan fingerprint density at radius 3 is 2.41 bits per heavy atom. The summed E-state index contributed by atoms with van der Waals surface area (Å²) in [6.45, 7) is 0. The largest absolute Gasteiger partial charge is 0.456 e. The molecule has 0 radical (unpaired) electrons. The zero-order chi connectivity index (χ0) is 12.0. The first kappa shape index (κ1) is 10.7. The molecule has 4 heteroatoms. The van der Waals surface area contributed by atoms with Crippen molar-refractivity contribution in [1.29, 1.82) is 0 Å². The Kier molecular flexibility index (Phi) is 2.39. The Hall–Kier alpha value is -1.43. The molecule has 1 aromatic carbocycles. The zero-order valence-corrected chi connectivity index (χ0v) is 10.9. The van der Waals surface area contributed by atoms with E-state index in [9.17, 15) is 9.59 Å². The van der Waals surface area contributed by atoms with E-state index in [2.05, 4.69) is 0 Å². The predicted octanol–water partition coefficient (Wildman–Crippen LogP) is 3.02. The lowest BCUT2D eigenvalue weighted by Gasteiger charge is -2.13. The van der Waals surface area contributed by atoms with Gasteiger partial charge in [-0.05, 0) is 22.6 Å². The van der Waals surface area contributed by atoms with E-state index in [0.29, 0.717) is 28.9 Å². The zero-order valence-electron chi connectivity index (χ0n) is 8.70. The van der Waals surface area contributed by atoms with E-state index in [1.54, 1.807) is 28.3 Å². The minimum Gasteiger partial charge on any atom is -0.456 e. The van der Waals surface area contributed by atoms with Crippen LogP contribution >= 0.6 is 22.6 Å². The van der Waals surface area contributed by atoms with Gasteiger partial charge in [0, 0.05) is 21.6 Å². The van der Waals surface area contributed by atoms with Crippen LogP contribution in [0, 0.1) is 0 Å². The smallest absolute Gasteiger partial charge is 0.229 e. The lowest BCUT2D eigenvalue weighted by molar-refractivity contribution is 0.0932. The Labute approximate surface area is 111 Å². The minimum atomic E-state index is -0.191. The van der Waals surface area contributed by atoms with Crippen LogP contribution in [0.3, 0.4) is 0 Å². The quantitative estimate of drug-likeness (QED) is 0.683. The standard InChI is InChI=1S/C13H7IO3/c14-6-7-5-10-11(15)8-3-1-2-4-9(8)12(16)13(10)17-7/h1-4,6H,5H2. The molecule has 1 heterocycles. The minimum absolute atomic E-state index is 0.0940. The van der Waals surface area contributed by atoms with E-state index in [4.69, 9.17) is 4.74 Å². The van der Waals surface area contributed by atoms with Crippen molar-refractivity contribution in [2.24, 2.45) is 0 Å². The second-order valence-electron chi connectivity index (χ2n) is 3.87. The van der Waals surface area contributed by atoms with Gasteiger partial charge in [0.1, 0.15) is 5.76 Å². The van der Waals surface area contributed by atoms with E-state index < -0.39 is 0 Å². The van der Waals surface area contributed by atoms with Crippen molar-refractivity contribution in [2.45, 2.75) is 6.42 Å². The molecule has 1 aliphatic carbocycles. The summed E-state index contributed by atoms with van der Waals surface area (Å²) in [7, 11) is 0. The first-order valence-electron chi connectivity index (χ1n) is 5.11. The van der Waals surface area contributed by atoms with Crippen LogP contribution < -0.4 is 0 Å². The van der Waals surface area contributed by atoms with Crippen molar-refractivity contribution < 1.29 is 14.3 Å². The van der Waals surface area contributed by atoms with E-state index in [1.807, 2.05) is 22.6 Å². The fourth-order valence-electron chi connectivity index (χ4n) is 2.07. The van der Waals surface area contributed by atoms with Gasteiger partial charge in [-0.1, -0.05) is 24.3 Å². The highest BCUT2D eigenvalue weighted by Crippen LogP contribution is 2.37. The highest BCUT2D eigenvalue weighted by Gasteiger charge is 2.37. The second kappa shape index (κ2) is 3.80. The van der Waals surface area contributed by atoms with E-state index in [1.165, 1.54) is 0 Å². The highest BCUT2D eigenvalue weighted by molar-refractivity contribution is 14.1. The number of halogens is 1. The number of ketones is 2. The SMILES string of the molecule is O=C1C2=C(OC(=CI)C2)C(=O)c2ccccc21. The maximum atomic E-state index is 12.2. The average Bonchev–Trinajstić information content (AvgIpc) is 2.80. The third-order valence-corrected chi connectivity index (χ3v) is 3.57. The van der Waals surface area contributed by atoms with Crippen LogP contribution in [0.4, 0.5) is 0 Å². The van der Waals surface area contributed by atoms with Crippen molar-refractivity contribution in [3.63, 3.8) is 0 Å². The second-order valence-corrected chi connectivity index (χ2v) is 4.49. The number of hydrogen-bond donors (Lipinski definition) is 0. The summed E-state index contributed by atoms with van der Waals surface area (Å²) in [5.41, 5.74) is 1.40. The molecule has 0 spiro atoms. The van der Waals surface area contributed by atoms with E-state index in [0.717, 1.165) is 0 Å². The summed E-state index contributed by atoms with van der Waals surface area (Å²) < 4.78 is 7.17. The van der Waals surface area contributed by atoms with Gasteiger partial charge in [-0.2, -0.15) is 0 Å². The monoisotopic (exact) mass is 338 g/mol. The summed E-state index contributed by atoms with van der Waals surface area (Å²) >= 11 is 2.04. The Balaban J connectivity index is 2.18. The number of hydrogen-bond acceptors (Lipinski definition) is 3. The molecule has 17 heavy (non-hydrogen) atoms. The Morgan fingerprint density at radius 1 is 1.12 bits per heavy atom. The molecule has 2 aliphatic rings.